The Bertz CT molecular complexity index is 1200. The zero-order valence-electron chi connectivity index (χ0n) is 15.7. The first-order valence-corrected chi connectivity index (χ1v) is 8.76. The number of carbonyl (C=O) groups is 1. The molecule has 0 saturated heterocycles. The number of nitrogen functional groups attached to an aromatic ring is 1. The van der Waals surface area contributed by atoms with Gasteiger partial charge in [-0.05, 0) is 42.8 Å². The Balaban J connectivity index is 1.92. The number of para-hydroxylation sites is 1. The zero-order valence-corrected chi connectivity index (χ0v) is 15.7. The molecule has 3 aromatic rings. The molecule has 2 aromatic carbocycles. The van der Waals surface area contributed by atoms with Gasteiger partial charge in [0.25, 0.3) is 5.91 Å². The van der Waals surface area contributed by atoms with Gasteiger partial charge >= 0.3 is 11.7 Å². The molecule has 1 aromatic heterocycles. The number of H-pyrrole nitrogens is 1. The number of nitrogens with one attached hydrogen (secondary N) is 2. The van der Waals surface area contributed by atoms with Crippen molar-refractivity contribution in [2.45, 2.75) is 19.1 Å². The van der Waals surface area contributed by atoms with E-state index in [1.54, 1.807) is 30.3 Å². The molecule has 10 heteroatoms. The van der Waals surface area contributed by atoms with Crippen molar-refractivity contribution in [3.8, 4) is 5.69 Å². The highest BCUT2D eigenvalue weighted by atomic mass is 19.4. The number of halogens is 3. The minimum atomic E-state index is -4.59. The van der Waals surface area contributed by atoms with Gasteiger partial charge in [0.2, 0.25) is 5.43 Å². The van der Waals surface area contributed by atoms with E-state index in [9.17, 15) is 27.6 Å². The lowest BCUT2D eigenvalue weighted by atomic mass is 10.0. The molecule has 30 heavy (non-hydrogen) atoms. The largest absolute Gasteiger partial charge is 0.416 e. The lowest BCUT2D eigenvalue weighted by Crippen LogP contribution is -2.38. The fourth-order valence-electron chi connectivity index (χ4n) is 2.83. The Morgan fingerprint density at radius 2 is 1.77 bits per heavy atom. The number of carbonyl (C=O) groups excluding carboxylic acids is 1. The summed E-state index contributed by atoms with van der Waals surface area (Å²) in [5.74, 6) is -0.778. The van der Waals surface area contributed by atoms with Crippen LogP contribution in [0.2, 0.25) is 0 Å². The van der Waals surface area contributed by atoms with Gasteiger partial charge in [0.05, 0.1) is 17.3 Å². The highest BCUT2D eigenvalue weighted by Gasteiger charge is 2.31. The number of rotatable bonds is 4. The molecule has 0 spiro atoms. The van der Waals surface area contributed by atoms with Gasteiger partial charge in [0.15, 0.2) is 0 Å². The minimum Gasteiger partial charge on any atom is -0.399 e. The van der Waals surface area contributed by atoms with E-state index in [0.717, 1.165) is 22.9 Å². The van der Waals surface area contributed by atoms with Gasteiger partial charge in [-0.25, -0.2) is 4.68 Å². The fourth-order valence-corrected chi connectivity index (χ4v) is 2.83. The van der Waals surface area contributed by atoms with E-state index in [-0.39, 0.29) is 16.9 Å². The molecule has 0 aliphatic rings. The van der Waals surface area contributed by atoms with Crippen LogP contribution in [0.1, 0.15) is 34.6 Å². The number of benzene rings is 2. The lowest BCUT2D eigenvalue weighted by Gasteiger charge is -2.17. The standard InChI is InChI=1S/C20H17F3N4O3/c1-11(12-7-13(20(21,22)23)9-14(24)8-12)25-18(29)16-10-17(28)19(30)27(26-16)15-5-3-2-4-6-15/h2-11,26H,24H2,1H3,(H,25,29). The molecule has 1 atom stereocenters. The second kappa shape index (κ2) is 7.90. The number of alkyl halides is 3. The predicted octanol–water partition coefficient (Wildman–Crippen LogP) is 2.62. The number of aromatic amines is 1. The maximum absolute atomic E-state index is 13.0. The molecule has 4 N–H and O–H groups in total. The fraction of sp³-hybridized carbons (Fsp3) is 0.150. The normalized spacial score (nSPS) is 12.4. The van der Waals surface area contributed by atoms with E-state index in [1.165, 1.54) is 13.0 Å². The van der Waals surface area contributed by atoms with Crippen LogP contribution in [0.25, 0.3) is 5.69 Å². The Labute approximate surface area is 167 Å². The second-order valence-corrected chi connectivity index (χ2v) is 6.59. The number of nitrogens with zero attached hydrogens (tertiary/aromatic N) is 1. The summed E-state index contributed by atoms with van der Waals surface area (Å²) in [5, 5.41) is 5.06. The van der Waals surface area contributed by atoms with Crippen molar-refractivity contribution in [1.29, 1.82) is 0 Å². The van der Waals surface area contributed by atoms with Gasteiger partial charge in [0.1, 0.15) is 5.69 Å². The number of hydrogen-bond acceptors (Lipinski definition) is 4. The molecule has 1 heterocycles. The summed E-state index contributed by atoms with van der Waals surface area (Å²) in [5.41, 5.74) is 2.97. The first kappa shape index (κ1) is 20.9. The lowest BCUT2D eigenvalue weighted by molar-refractivity contribution is -0.137. The molecular weight excluding hydrogens is 401 g/mol. The average molecular weight is 418 g/mol. The minimum absolute atomic E-state index is 0.105. The molecule has 1 amide bonds. The smallest absolute Gasteiger partial charge is 0.399 e. The van der Waals surface area contributed by atoms with Crippen LogP contribution in [0.3, 0.4) is 0 Å². The number of nitrogens with two attached hydrogens (primary N) is 1. The van der Waals surface area contributed by atoms with Crippen LogP contribution in [0, 0.1) is 0 Å². The summed E-state index contributed by atoms with van der Waals surface area (Å²) in [7, 11) is 0. The topological polar surface area (TPSA) is 110 Å². The van der Waals surface area contributed by atoms with E-state index in [0.29, 0.717) is 5.69 Å². The van der Waals surface area contributed by atoms with Crippen molar-refractivity contribution in [3.05, 3.63) is 92.0 Å². The molecule has 1 unspecified atom stereocenters. The Kier molecular flexibility index (Phi) is 5.50. The monoisotopic (exact) mass is 418 g/mol. The van der Waals surface area contributed by atoms with Crippen molar-refractivity contribution in [2.75, 3.05) is 5.73 Å². The van der Waals surface area contributed by atoms with Crippen molar-refractivity contribution in [1.82, 2.24) is 15.1 Å². The van der Waals surface area contributed by atoms with Crippen molar-refractivity contribution >= 4 is 11.6 Å². The van der Waals surface area contributed by atoms with E-state index in [2.05, 4.69) is 10.4 Å². The van der Waals surface area contributed by atoms with Crippen LogP contribution >= 0.6 is 0 Å². The van der Waals surface area contributed by atoms with Crippen LogP contribution in [0.5, 0.6) is 0 Å². The van der Waals surface area contributed by atoms with E-state index in [1.807, 2.05) is 0 Å². The summed E-state index contributed by atoms with van der Waals surface area (Å²) in [6.45, 7) is 1.47. The van der Waals surface area contributed by atoms with Gasteiger partial charge in [0, 0.05) is 11.8 Å². The first-order valence-electron chi connectivity index (χ1n) is 8.76. The summed E-state index contributed by atoms with van der Waals surface area (Å²) in [4.78, 5) is 36.7. The Morgan fingerprint density at radius 1 is 1.10 bits per heavy atom. The van der Waals surface area contributed by atoms with Crippen LogP contribution in [-0.4, -0.2) is 15.7 Å². The Hall–Kier alpha value is -3.82. The highest BCUT2D eigenvalue weighted by molar-refractivity contribution is 5.92. The van der Waals surface area contributed by atoms with Crippen LogP contribution in [0.15, 0.2) is 64.2 Å². The summed E-state index contributed by atoms with van der Waals surface area (Å²) >= 11 is 0. The van der Waals surface area contributed by atoms with Gasteiger partial charge in [-0.15, -0.1) is 0 Å². The molecule has 3 rings (SSSR count). The predicted molar refractivity (Wildman–Crippen MR) is 104 cm³/mol. The van der Waals surface area contributed by atoms with E-state index >= 15 is 0 Å². The van der Waals surface area contributed by atoms with Crippen LogP contribution in [-0.2, 0) is 6.18 Å². The van der Waals surface area contributed by atoms with Crippen molar-refractivity contribution in [3.63, 3.8) is 0 Å². The molecule has 0 aliphatic heterocycles. The number of anilines is 1. The molecule has 0 fully saturated rings. The summed E-state index contributed by atoms with van der Waals surface area (Å²) in [6.07, 6.45) is -4.59. The molecule has 0 saturated carbocycles. The molecular formula is C20H17F3N4O3. The third-order valence-corrected chi connectivity index (χ3v) is 4.33. The highest BCUT2D eigenvalue weighted by Crippen LogP contribution is 2.32. The van der Waals surface area contributed by atoms with Crippen LogP contribution < -0.4 is 22.0 Å². The average Bonchev–Trinajstić information content (AvgIpc) is 2.69. The SMILES string of the molecule is CC(NC(=O)c1cc(=O)c(=O)n(-c2ccccc2)[nH]1)c1cc(N)cc(C(F)(F)F)c1. The first-order chi connectivity index (χ1) is 14.1. The third-order valence-electron chi connectivity index (χ3n) is 4.33. The van der Waals surface area contributed by atoms with E-state index < -0.39 is 34.7 Å². The van der Waals surface area contributed by atoms with Gasteiger partial charge in [-0.3, -0.25) is 19.5 Å². The molecule has 156 valence electrons. The molecule has 0 bridgehead atoms. The Morgan fingerprint density at radius 3 is 2.40 bits per heavy atom. The van der Waals surface area contributed by atoms with Crippen molar-refractivity contribution < 1.29 is 18.0 Å². The summed E-state index contributed by atoms with van der Waals surface area (Å²) in [6, 6.07) is 11.1. The van der Waals surface area contributed by atoms with Crippen molar-refractivity contribution in [2.24, 2.45) is 0 Å². The third kappa shape index (κ3) is 4.43. The quantitative estimate of drug-likeness (QED) is 0.447. The van der Waals surface area contributed by atoms with Crippen LogP contribution in [0.4, 0.5) is 18.9 Å². The maximum Gasteiger partial charge on any atom is 0.416 e. The van der Waals surface area contributed by atoms with Gasteiger partial charge < -0.3 is 11.1 Å². The van der Waals surface area contributed by atoms with E-state index in [4.69, 9.17) is 5.73 Å². The second-order valence-electron chi connectivity index (χ2n) is 6.59. The van der Waals surface area contributed by atoms with Gasteiger partial charge in [-0.1, -0.05) is 18.2 Å². The summed E-state index contributed by atoms with van der Waals surface area (Å²) < 4.78 is 40.0. The number of aromatic nitrogens is 2. The molecule has 7 nitrogen and oxygen atoms in total. The zero-order chi connectivity index (χ0) is 22.1. The molecule has 0 radical (unpaired) electrons. The number of hydrogen-bond donors (Lipinski definition) is 3. The number of amides is 1. The molecule has 0 aliphatic carbocycles. The maximum atomic E-state index is 13.0. The van der Waals surface area contributed by atoms with Gasteiger partial charge in [-0.2, -0.15) is 13.2 Å².